The van der Waals surface area contributed by atoms with E-state index in [9.17, 15) is 9.59 Å². The zero-order valence-electron chi connectivity index (χ0n) is 11.9. The number of carboxylic acid groups (broad SMARTS) is 1. The Morgan fingerprint density at radius 1 is 1.43 bits per heavy atom. The van der Waals surface area contributed by atoms with Crippen LogP contribution in [0.2, 0.25) is 0 Å². The molecule has 112 valence electrons. The van der Waals surface area contributed by atoms with Crippen LogP contribution < -0.4 is 5.32 Å². The molecule has 0 aliphatic rings. The summed E-state index contributed by atoms with van der Waals surface area (Å²) < 4.78 is 1.65. The number of aromatic nitrogens is 3. The summed E-state index contributed by atoms with van der Waals surface area (Å²) >= 11 is 1.32. The maximum Gasteiger partial charge on any atom is 0.326 e. The number of nitrogens with zero attached hydrogens (tertiary/aromatic N) is 3. The molecule has 0 bridgehead atoms. The van der Waals surface area contributed by atoms with Gasteiger partial charge < -0.3 is 10.4 Å². The van der Waals surface area contributed by atoms with Crippen molar-refractivity contribution in [2.45, 2.75) is 19.9 Å². The molecule has 21 heavy (non-hydrogen) atoms. The molecule has 0 aromatic carbocycles. The minimum absolute atomic E-state index is 0.206. The lowest BCUT2D eigenvalue weighted by molar-refractivity contribution is -0.140. The van der Waals surface area contributed by atoms with E-state index in [1.54, 1.807) is 43.4 Å². The molecular formula is C13H16N4O3S. The van der Waals surface area contributed by atoms with Crippen molar-refractivity contribution in [3.05, 3.63) is 23.5 Å². The number of aryl methyl sites for hydroxylation is 1. The van der Waals surface area contributed by atoms with Crippen molar-refractivity contribution in [2.75, 3.05) is 0 Å². The summed E-state index contributed by atoms with van der Waals surface area (Å²) in [5.41, 5.74) is 1.03. The fourth-order valence-electron chi connectivity index (χ4n) is 1.77. The van der Waals surface area contributed by atoms with Gasteiger partial charge in [0, 0.05) is 24.2 Å². The third-order valence-electron chi connectivity index (χ3n) is 2.91. The number of carbonyl (C=O) groups is 2. The monoisotopic (exact) mass is 308 g/mol. The maximum absolute atomic E-state index is 12.1. The van der Waals surface area contributed by atoms with E-state index < -0.39 is 17.9 Å². The van der Waals surface area contributed by atoms with Crippen molar-refractivity contribution in [3.8, 4) is 10.6 Å². The molecule has 0 fully saturated rings. The normalized spacial score (nSPS) is 12.4. The predicted molar refractivity (Wildman–Crippen MR) is 78.0 cm³/mol. The van der Waals surface area contributed by atoms with E-state index in [4.69, 9.17) is 5.11 Å². The molecule has 2 aromatic heterocycles. The Morgan fingerprint density at radius 3 is 2.67 bits per heavy atom. The lowest BCUT2D eigenvalue weighted by atomic mass is 10.0. The number of aliphatic carboxylic acids is 1. The lowest BCUT2D eigenvalue weighted by Gasteiger charge is -2.16. The van der Waals surface area contributed by atoms with Crippen LogP contribution in [-0.4, -0.2) is 37.8 Å². The predicted octanol–water partition coefficient (Wildman–Crippen LogP) is 1.38. The molecule has 8 heteroatoms. The quantitative estimate of drug-likeness (QED) is 0.870. The van der Waals surface area contributed by atoms with E-state index >= 15 is 0 Å². The van der Waals surface area contributed by atoms with Crippen LogP contribution in [-0.2, 0) is 11.8 Å². The molecule has 7 nitrogen and oxygen atoms in total. The first kappa shape index (κ1) is 15.2. The second-order valence-corrected chi connectivity index (χ2v) is 5.83. The van der Waals surface area contributed by atoms with E-state index in [0.717, 1.165) is 5.56 Å². The highest BCUT2D eigenvalue weighted by Gasteiger charge is 2.25. The fraction of sp³-hybridized carbons (Fsp3) is 0.385. The van der Waals surface area contributed by atoms with Crippen molar-refractivity contribution < 1.29 is 14.7 Å². The van der Waals surface area contributed by atoms with Gasteiger partial charge in [0.25, 0.3) is 5.91 Å². The van der Waals surface area contributed by atoms with Gasteiger partial charge in [0.15, 0.2) is 0 Å². The van der Waals surface area contributed by atoms with E-state index in [1.165, 1.54) is 11.3 Å². The van der Waals surface area contributed by atoms with Gasteiger partial charge in [0.05, 0.1) is 6.20 Å². The van der Waals surface area contributed by atoms with Crippen molar-refractivity contribution >= 4 is 23.2 Å². The van der Waals surface area contributed by atoms with Crippen LogP contribution in [0.5, 0.6) is 0 Å². The van der Waals surface area contributed by atoms with E-state index in [1.807, 2.05) is 0 Å². The molecule has 1 atom stereocenters. The molecule has 0 aliphatic heterocycles. The SMILES string of the molecule is CC(C)[C@H](NC(=O)c1csc(-c2cnn(C)c2)n1)C(=O)O. The highest BCUT2D eigenvalue weighted by Crippen LogP contribution is 2.23. The van der Waals surface area contributed by atoms with Gasteiger partial charge in [-0.1, -0.05) is 13.8 Å². The van der Waals surface area contributed by atoms with E-state index in [2.05, 4.69) is 15.4 Å². The lowest BCUT2D eigenvalue weighted by Crippen LogP contribution is -2.44. The molecule has 1 amide bonds. The minimum Gasteiger partial charge on any atom is -0.480 e. The topological polar surface area (TPSA) is 97.1 Å². The van der Waals surface area contributed by atoms with Gasteiger partial charge >= 0.3 is 5.97 Å². The molecule has 0 spiro atoms. The number of rotatable bonds is 5. The van der Waals surface area contributed by atoms with Crippen LogP contribution in [0.3, 0.4) is 0 Å². The van der Waals surface area contributed by atoms with Gasteiger partial charge in [-0.15, -0.1) is 11.3 Å². The van der Waals surface area contributed by atoms with Gasteiger partial charge in [0.2, 0.25) is 0 Å². The van der Waals surface area contributed by atoms with Crippen LogP contribution >= 0.6 is 11.3 Å². The van der Waals surface area contributed by atoms with Gasteiger partial charge in [0.1, 0.15) is 16.7 Å². The second kappa shape index (κ2) is 6.04. The largest absolute Gasteiger partial charge is 0.480 e. The number of hydrogen-bond donors (Lipinski definition) is 2. The molecule has 2 rings (SSSR count). The van der Waals surface area contributed by atoms with Crippen molar-refractivity contribution in [1.29, 1.82) is 0 Å². The van der Waals surface area contributed by atoms with Crippen molar-refractivity contribution in [3.63, 3.8) is 0 Å². The average Bonchev–Trinajstić information content (AvgIpc) is 3.03. The summed E-state index contributed by atoms with van der Waals surface area (Å²) in [6.07, 6.45) is 3.46. The maximum atomic E-state index is 12.1. The standard InChI is InChI=1S/C13H16N4O3S/c1-7(2)10(13(19)20)16-11(18)9-6-21-12(15-9)8-4-14-17(3)5-8/h4-7,10H,1-3H3,(H,16,18)(H,19,20)/t10-/m0/s1. The van der Waals surface area contributed by atoms with E-state index in [-0.39, 0.29) is 11.6 Å². The first-order chi connectivity index (χ1) is 9.88. The number of amides is 1. The van der Waals surface area contributed by atoms with Gasteiger partial charge in [-0.3, -0.25) is 9.48 Å². The Hall–Kier alpha value is -2.22. The molecule has 2 aromatic rings. The highest BCUT2D eigenvalue weighted by atomic mass is 32.1. The summed E-state index contributed by atoms with van der Waals surface area (Å²) in [4.78, 5) is 27.4. The molecule has 0 aliphatic carbocycles. The Balaban J connectivity index is 2.14. The third kappa shape index (κ3) is 3.46. The summed E-state index contributed by atoms with van der Waals surface area (Å²) in [5.74, 6) is -1.74. The highest BCUT2D eigenvalue weighted by molar-refractivity contribution is 7.13. The van der Waals surface area contributed by atoms with Crippen molar-refractivity contribution in [2.24, 2.45) is 13.0 Å². The summed E-state index contributed by atoms with van der Waals surface area (Å²) in [5, 5.41) is 17.9. The van der Waals surface area contributed by atoms with Crippen LogP contribution in [0.25, 0.3) is 10.6 Å². The molecular weight excluding hydrogens is 292 g/mol. The molecule has 0 saturated heterocycles. The molecule has 0 saturated carbocycles. The first-order valence-electron chi connectivity index (χ1n) is 6.36. The third-order valence-corrected chi connectivity index (χ3v) is 3.80. The molecule has 2 heterocycles. The number of hydrogen-bond acceptors (Lipinski definition) is 5. The van der Waals surface area contributed by atoms with Crippen LogP contribution in [0.1, 0.15) is 24.3 Å². The van der Waals surface area contributed by atoms with E-state index in [0.29, 0.717) is 5.01 Å². The number of nitrogens with one attached hydrogen (secondary N) is 1. The Kier molecular flexibility index (Phi) is 4.37. The fourth-order valence-corrected chi connectivity index (χ4v) is 2.55. The van der Waals surface area contributed by atoms with Gasteiger partial charge in [-0.2, -0.15) is 5.10 Å². The molecule has 2 N–H and O–H groups in total. The summed E-state index contributed by atoms with van der Waals surface area (Å²) in [6.45, 7) is 3.47. The summed E-state index contributed by atoms with van der Waals surface area (Å²) in [6, 6.07) is -0.930. The van der Waals surface area contributed by atoms with Crippen LogP contribution in [0.15, 0.2) is 17.8 Å². The second-order valence-electron chi connectivity index (χ2n) is 4.97. The number of carboxylic acids is 1. The van der Waals surface area contributed by atoms with Crippen LogP contribution in [0, 0.1) is 5.92 Å². The van der Waals surface area contributed by atoms with Crippen LogP contribution in [0.4, 0.5) is 0 Å². The average molecular weight is 308 g/mol. The van der Waals surface area contributed by atoms with Gasteiger partial charge in [-0.05, 0) is 5.92 Å². The van der Waals surface area contributed by atoms with Gasteiger partial charge in [-0.25, -0.2) is 9.78 Å². The number of thiazole rings is 1. The molecule has 0 radical (unpaired) electrons. The Labute approximate surface area is 125 Å². The summed E-state index contributed by atoms with van der Waals surface area (Å²) in [7, 11) is 1.80. The smallest absolute Gasteiger partial charge is 0.326 e. The number of carbonyl (C=O) groups excluding carboxylic acids is 1. The Morgan fingerprint density at radius 2 is 2.14 bits per heavy atom. The zero-order chi connectivity index (χ0) is 15.6. The minimum atomic E-state index is -1.05. The van der Waals surface area contributed by atoms with Crippen molar-refractivity contribution in [1.82, 2.24) is 20.1 Å². The Bertz CT molecular complexity index is 662. The molecule has 0 unspecified atom stereocenters. The zero-order valence-corrected chi connectivity index (χ0v) is 12.7. The first-order valence-corrected chi connectivity index (χ1v) is 7.24.